The minimum atomic E-state index is -0.0806. The van der Waals surface area contributed by atoms with Crippen molar-refractivity contribution in [1.29, 1.82) is 0 Å². The van der Waals surface area contributed by atoms with Crippen LogP contribution < -0.4 is 5.32 Å². The van der Waals surface area contributed by atoms with Gasteiger partial charge in [-0.1, -0.05) is 25.1 Å². The summed E-state index contributed by atoms with van der Waals surface area (Å²) >= 11 is 1.60. The second kappa shape index (κ2) is 6.00. The predicted octanol–water partition coefficient (Wildman–Crippen LogP) is 3.62. The zero-order valence-corrected chi connectivity index (χ0v) is 12.9. The Labute approximate surface area is 128 Å². The second-order valence-corrected chi connectivity index (χ2v) is 6.81. The van der Waals surface area contributed by atoms with E-state index in [1.807, 2.05) is 30.3 Å². The number of carbonyl (C=O) groups excluding carboxylic acids is 1. The SMILES string of the molecule is CC1CCc2sc(C(=O)Nc3ccccc3CO)cc2C1. The number of thiophene rings is 1. The number of aryl methyl sites for hydroxylation is 1. The van der Waals surface area contributed by atoms with Gasteiger partial charge in [0.25, 0.3) is 5.91 Å². The van der Waals surface area contributed by atoms with Crippen LogP contribution in [0.3, 0.4) is 0 Å². The number of fused-ring (bicyclic) bond motifs is 1. The zero-order valence-electron chi connectivity index (χ0n) is 12.1. The zero-order chi connectivity index (χ0) is 14.8. The molecule has 110 valence electrons. The van der Waals surface area contributed by atoms with E-state index in [4.69, 9.17) is 0 Å². The molecular weight excluding hydrogens is 282 g/mol. The molecule has 3 nitrogen and oxygen atoms in total. The Bertz CT molecular complexity index is 663. The number of amides is 1. The Kier molecular flexibility index (Phi) is 4.08. The summed E-state index contributed by atoms with van der Waals surface area (Å²) in [5.74, 6) is 0.626. The number of benzene rings is 1. The third-order valence-electron chi connectivity index (χ3n) is 3.99. The van der Waals surface area contributed by atoms with Crippen molar-refractivity contribution in [2.24, 2.45) is 5.92 Å². The van der Waals surface area contributed by atoms with Gasteiger partial charge in [0.05, 0.1) is 11.5 Å². The Morgan fingerprint density at radius 1 is 1.43 bits per heavy atom. The Morgan fingerprint density at radius 3 is 3.05 bits per heavy atom. The normalized spacial score (nSPS) is 17.3. The molecule has 0 fully saturated rings. The van der Waals surface area contributed by atoms with E-state index in [1.54, 1.807) is 11.3 Å². The lowest BCUT2D eigenvalue weighted by molar-refractivity contribution is 0.103. The van der Waals surface area contributed by atoms with Crippen molar-refractivity contribution in [3.05, 3.63) is 51.2 Å². The first-order valence-corrected chi connectivity index (χ1v) is 8.10. The Morgan fingerprint density at radius 2 is 2.24 bits per heavy atom. The largest absolute Gasteiger partial charge is 0.392 e. The van der Waals surface area contributed by atoms with Gasteiger partial charge in [-0.25, -0.2) is 0 Å². The van der Waals surface area contributed by atoms with Crippen LogP contribution in [0.25, 0.3) is 0 Å². The van der Waals surface area contributed by atoms with Crippen molar-refractivity contribution >= 4 is 22.9 Å². The van der Waals surface area contributed by atoms with Crippen molar-refractivity contribution in [3.63, 3.8) is 0 Å². The summed E-state index contributed by atoms with van der Waals surface area (Å²) in [7, 11) is 0. The fraction of sp³-hybridized carbons (Fsp3) is 0.353. The Hall–Kier alpha value is -1.65. The van der Waals surface area contributed by atoms with Crippen LogP contribution in [0.5, 0.6) is 0 Å². The van der Waals surface area contributed by atoms with Crippen LogP contribution in [-0.4, -0.2) is 11.0 Å². The number of anilines is 1. The molecule has 0 aliphatic heterocycles. The molecule has 0 radical (unpaired) electrons. The number of para-hydroxylation sites is 1. The molecule has 2 N–H and O–H groups in total. The van der Waals surface area contributed by atoms with Crippen LogP contribution in [0.2, 0.25) is 0 Å². The van der Waals surface area contributed by atoms with E-state index >= 15 is 0 Å². The predicted molar refractivity (Wildman–Crippen MR) is 85.8 cm³/mol. The lowest BCUT2D eigenvalue weighted by atomic mass is 9.90. The van der Waals surface area contributed by atoms with Crippen LogP contribution in [0.4, 0.5) is 5.69 Å². The van der Waals surface area contributed by atoms with Crippen molar-refractivity contribution in [1.82, 2.24) is 0 Å². The van der Waals surface area contributed by atoms with Gasteiger partial charge in [-0.05, 0) is 42.9 Å². The van der Waals surface area contributed by atoms with E-state index in [0.29, 0.717) is 11.6 Å². The van der Waals surface area contributed by atoms with Crippen molar-refractivity contribution in [2.75, 3.05) is 5.32 Å². The first kappa shape index (κ1) is 14.3. The molecule has 1 heterocycles. The van der Waals surface area contributed by atoms with E-state index in [2.05, 4.69) is 12.2 Å². The molecule has 0 spiro atoms. The summed E-state index contributed by atoms with van der Waals surface area (Å²) in [4.78, 5) is 14.5. The lowest BCUT2D eigenvalue weighted by Gasteiger charge is -2.16. The third-order valence-corrected chi connectivity index (χ3v) is 5.22. The van der Waals surface area contributed by atoms with Gasteiger partial charge in [-0.3, -0.25) is 4.79 Å². The third kappa shape index (κ3) is 3.01. The number of aliphatic hydroxyl groups is 1. The van der Waals surface area contributed by atoms with Crippen LogP contribution in [-0.2, 0) is 19.4 Å². The molecule has 1 atom stereocenters. The molecule has 4 heteroatoms. The fourth-order valence-electron chi connectivity index (χ4n) is 2.78. The Balaban J connectivity index is 1.80. The molecule has 2 aromatic rings. The average Bonchev–Trinajstić information content (AvgIpc) is 2.91. The highest BCUT2D eigenvalue weighted by atomic mass is 32.1. The first-order valence-electron chi connectivity index (χ1n) is 7.29. The van der Waals surface area contributed by atoms with Crippen molar-refractivity contribution < 1.29 is 9.90 Å². The minimum absolute atomic E-state index is 0.0745. The quantitative estimate of drug-likeness (QED) is 0.909. The van der Waals surface area contributed by atoms with Crippen LogP contribution in [0, 0.1) is 5.92 Å². The van der Waals surface area contributed by atoms with Gasteiger partial charge in [-0.2, -0.15) is 0 Å². The highest BCUT2D eigenvalue weighted by Crippen LogP contribution is 2.32. The van der Waals surface area contributed by atoms with Crippen molar-refractivity contribution in [2.45, 2.75) is 32.8 Å². The second-order valence-electron chi connectivity index (χ2n) is 5.68. The maximum atomic E-state index is 12.4. The fourth-order valence-corrected chi connectivity index (χ4v) is 3.89. The smallest absolute Gasteiger partial charge is 0.265 e. The monoisotopic (exact) mass is 301 g/mol. The maximum absolute atomic E-state index is 12.4. The van der Waals surface area contributed by atoms with Gasteiger partial charge in [-0.15, -0.1) is 11.3 Å². The molecule has 1 aromatic heterocycles. The van der Waals surface area contributed by atoms with Gasteiger partial charge in [0.15, 0.2) is 0 Å². The van der Waals surface area contributed by atoms with E-state index < -0.39 is 0 Å². The molecule has 1 aliphatic carbocycles. The highest BCUT2D eigenvalue weighted by molar-refractivity contribution is 7.14. The minimum Gasteiger partial charge on any atom is -0.392 e. The molecule has 0 bridgehead atoms. The molecular formula is C17H19NO2S. The van der Waals surface area contributed by atoms with Gasteiger partial charge < -0.3 is 10.4 Å². The molecule has 3 rings (SSSR count). The standard InChI is InChI=1S/C17H19NO2S/c1-11-6-7-15-13(8-11)9-16(21-15)17(20)18-14-5-3-2-4-12(14)10-19/h2-5,9,11,19H,6-8,10H2,1H3,(H,18,20). The van der Waals surface area contributed by atoms with E-state index in [0.717, 1.165) is 23.3 Å². The van der Waals surface area contributed by atoms with Crippen LogP contribution in [0.1, 0.15) is 39.0 Å². The topological polar surface area (TPSA) is 49.3 Å². The van der Waals surface area contributed by atoms with Gasteiger partial charge in [0.1, 0.15) is 0 Å². The molecule has 21 heavy (non-hydrogen) atoms. The molecule has 1 aliphatic rings. The highest BCUT2D eigenvalue weighted by Gasteiger charge is 2.20. The molecule has 0 saturated heterocycles. The van der Waals surface area contributed by atoms with E-state index in [9.17, 15) is 9.90 Å². The number of rotatable bonds is 3. The number of hydrogen-bond acceptors (Lipinski definition) is 3. The number of carbonyl (C=O) groups is 1. The summed E-state index contributed by atoms with van der Waals surface area (Å²) in [5, 5.41) is 12.2. The van der Waals surface area contributed by atoms with Gasteiger partial charge in [0.2, 0.25) is 0 Å². The van der Waals surface area contributed by atoms with Crippen molar-refractivity contribution in [3.8, 4) is 0 Å². The van der Waals surface area contributed by atoms with E-state index in [-0.39, 0.29) is 12.5 Å². The number of aliphatic hydroxyl groups excluding tert-OH is 1. The summed E-state index contributed by atoms with van der Waals surface area (Å²) in [6, 6.07) is 9.38. The first-order chi connectivity index (χ1) is 10.2. The number of nitrogens with one attached hydrogen (secondary N) is 1. The van der Waals surface area contributed by atoms with Crippen LogP contribution >= 0.6 is 11.3 Å². The van der Waals surface area contributed by atoms with E-state index in [1.165, 1.54) is 16.9 Å². The van der Waals surface area contributed by atoms with Gasteiger partial charge in [0, 0.05) is 16.1 Å². The summed E-state index contributed by atoms with van der Waals surface area (Å²) < 4.78 is 0. The summed E-state index contributed by atoms with van der Waals surface area (Å²) in [6.45, 7) is 2.19. The molecule has 1 amide bonds. The number of hydrogen-bond donors (Lipinski definition) is 2. The molecule has 1 aromatic carbocycles. The van der Waals surface area contributed by atoms with Crippen LogP contribution in [0.15, 0.2) is 30.3 Å². The molecule has 1 unspecified atom stereocenters. The summed E-state index contributed by atoms with van der Waals surface area (Å²) in [5.41, 5.74) is 2.75. The average molecular weight is 301 g/mol. The summed E-state index contributed by atoms with van der Waals surface area (Å²) in [6.07, 6.45) is 3.37. The lowest BCUT2D eigenvalue weighted by Crippen LogP contribution is -2.11. The molecule has 0 saturated carbocycles. The maximum Gasteiger partial charge on any atom is 0.265 e. The van der Waals surface area contributed by atoms with Gasteiger partial charge >= 0.3 is 0 Å².